The Kier molecular flexibility index (Phi) is 4.73. The summed E-state index contributed by atoms with van der Waals surface area (Å²) in [7, 11) is 1.60. The molecule has 0 amide bonds. The molecule has 0 aliphatic heterocycles. The molecule has 0 aliphatic carbocycles. The summed E-state index contributed by atoms with van der Waals surface area (Å²) >= 11 is 6.15. The standard InChI is InChI=1S/C20H20ClNO3/c1-11-5-6-15-14(8-19(23)25-20(15)13(11)3)10-22-17-7-12(2)16(21)9-18(17)24-4/h5-9,22H,10H2,1-4H3. The fraction of sp³-hybridized carbons (Fsp3) is 0.250. The zero-order chi connectivity index (χ0) is 18.1. The minimum absolute atomic E-state index is 0.350. The van der Waals surface area contributed by atoms with Gasteiger partial charge in [0.1, 0.15) is 11.3 Å². The van der Waals surface area contributed by atoms with Gasteiger partial charge in [-0.25, -0.2) is 4.79 Å². The van der Waals surface area contributed by atoms with Crippen LogP contribution in [0, 0.1) is 20.8 Å². The smallest absolute Gasteiger partial charge is 0.336 e. The Morgan fingerprint density at radius 2 is 1.88 bits per heavy atom. The van der Waals surface area contributed by atoms with Crippen molar-refractivity contribution in [2.75, 3.05) is 12.4 Å². The lowest BCUT2D eigenvalue weighted by Gasteiger charge is -2.14. The Hall–Kier alpha value is -2.46. The molecule has 2 aromatic carbocycles. The average Bonchev–Trinajstić information content (AvgIpc) is 2.58. The molecule has 1 N–H and O–H groups in total. The summed E-state index contributed by atoms with van der Waals surface area (Å²) < 4.78 is 10.8. The van der Waals surface area contributed by atoms with E-state index in [0.29, 0.717) is 22.9 Å². The Morgan fingerprint density at radius 1 is 1.12 bits per heavy atom. The lowest BCUT2D eigenvalue weighted by Crippen LogP contribution is -2.07. The van der Waals surface area contributed by atoms with Crippen LogP contribution in [0.15, 0.2) is 39.5 Å². The Labute approximate surface area is 151 Å². The number of nitrogens with one attached hydrogen (secondary N) is 1. The Bertz CT molecular complexity index is 1010. The average molecular weight is 358 g/mol. The first-order chi connectivity index (χ1) is 11.9. The zero-order valence-electron chi connectivity index (χ0n) is 14.7. The second-order valence-electron chi connectivity index (χ2n) is 6.13. The second kappa shape index (κ2) is 6.81. The highest BCUT2D eigenvalue weighted by Crippen LogP contribution is 2.32. The first-order valence-corrected chi connectivity index (χ1v) is 8.39. The van der Waals surface area contributed by atoms with Gasteiger partial charge in [0.05, 0.1) is 12.8 Å². The highest BCUT2D eigenvalue weighted by molar-refractivity contribution is 6.31. The molecule has 0 fully saturated rings. The first kappa shape index (κ1) is 17.4. The summed E-state index contributed by atoms with van der Waals surface area (Å²) in [6, 6.07) is 9.27. The third-order valence-electron chi connectivity index (χ3n) is 4.47. The molecule has 3 rings (SSSR count). The van der Waals surface area contributed by atoms with E-state index >= 15 is 0 Å². The largest absolute Gasteiger partial charge is 0.495 e. The zero-order valence-corrected chi connectivity index (χ0v) is 15.5. The van der Waals surface area contributed by atoms with Crippen molar-refractivity contribution < 1.29 is 9.15 Å². The molecule has 1 aromatic heterocycles. The molecule has 0 radical (unpaired) electrons. The van der Waals surface area contributed by atoms with E-state index in [0.717, 1.165) is 33.3 Å². The molecule has 3 aromatic rings. The molecule has 130 valence electrons. The predicted molar refractivity (Wildman–Crippen MR) is 102 cm³/mol. The van der Waals surface area contributed by atoms with Gasteiger partial charge in [0.25, 0.3) is 0 Å². The van der Waals surface area contributed by atoms with Crippen molar-refractivity contribution >= 4 is 28.3 Å². The SMILES string of the molecule is COc1cc(Cl)c(C)cc1NCc1cc(=O)oc2c(C)c(C)ccc12. The summed E-state index contributed by atoms with van der Waals surface area (Å²) in [6.45, 7) is 6.37. The number of hydrogen-bond donors (Lipinski definition) is 1. The van der Waals surface area contributed by atoms with Gasteiger partial charge in [-0.3, -0.25) is 0 Å². The van der Waals surface area contributed by atoms with Gasteiger partial charge >= 0.3 is 5.63 Å². The van der Waals surface area contributed by atoms with Gasteiger partial charge < -0.3 is 14.5 Å². The predicted octanol–water partition coefficient (Wildman–Crippen LogP) is 4.99. The monoisotopic (exact) mass is 357 g/mol. The molecule has 5 heteroatoms. The third kappa shape index (κ3) is 3.35. The minimum Gasteiger partial charge on any atom is -0.495 e. The number of rotatable bonds is 4. The molecule has 0 spiro atoms. The molecule has 0 bridgehead atoms. The van der Waals surface area contributed by atoms with Gasteiger partial charge in [0.15, 0.2) is 0 Å². The van der Waals surface area contributed by atoms with Crippen molar-refractivity contribution in [1.82, 2.24) is 0 Å². The van der Waals surface area contributed by atoms with Crippen molar-refractivity contribution in [1.29, 1.82) is 0 Å². The molecule has 0 atom stereocenters. The van der Waals surface area contributed by atoms with Crippen LogP contribution in [-0.4, -0.2) is 7.11 Å². The first-order valence-electron chi connectivity index (χ1n) is 8.01. The second-order valence-corrected chi connectivity index (χ2v) is 6.54. The van der Waals surface area contributed by atoms with Crippen LogP contribution in [0.2, 0.25) is 5.02 Å². The Balaban J connectivity index is 2.01. The van der Waals surface area contributed by atoms with Crippen molar-refractivity contribution in [2.45, 2.75) is 27.3 Å². The van der Waals surface area contributed by atoms with Crippen LogP contribution in [0.25, 0.3) is 11.0 Å². The fourth-order valence-corrected chi connectivity index (χ4v) is 2.99. The summed E-state index contributed by atoms with van der Waals surface area (Å²) in [5, 5.41) is 4.92. The maximum atomic E-state index is 12.0. The van der Waals surface area contributed by atoms with Crippen LogP contribution in [-0.2, 0) is 6.54 Å². The number of aryl methyl sites for hydroxylation is 3. The van der Waals surface area contributed by atoms with Crippen molar-refractivity contribution in [3.8, 4) is 5.75 Å². The molecule has 0 aliphatic rings. The summed E-state index contributed by atoms with van der Waals surface area (Å²) in [5.74, 6) is 0.662. The van der Waals surface area contributed by atoms with Crippen LogP contribution >= 0.6 is 11.6 Å². The number of halogens is 1. The van der Waals surface area contributed by atoms with Gasteiger partial charge in [0.2, 0.25) is 0 Å². The normalized spacial score (nSPS) is 10.9. The summed E-state index contributed by atoms with van der Waals surface area (Å²) in [5.41, 5.74) is 5.03. The van der Waals surface area contributed by atoms with Crippen LogP contribution in [0.1, 0.15) is 22.3 Å². The topological polar surface area (TPSA) is 51.5 Å². The van der Waals surface area contributed by atoms with E-state index in [2.05, 4.69) is 5.32 Å². The van der Waals surface area contributed by atoms with Gasteiger partial charge in [-0.15, -0.1) is 0 Å². The van der Waals surface area contributed by atoms with E-state index in [-0.39, 0.29) is 5.63 Å². The molecule has 1 heterocycles. The van der Waals surface area contributed by atoms with Crippen molar-refractivity contribution in [3.63, 3.8) is 0 Å². The third-order valence-corrected chi connectivity index (χ3v) is 4.87. The van der Waals surface area contributed by atoms with E-state index in [1.54, 1.807) is 13.2 Å². The number of ether oxygens (including phenoxy) is 1. The lowest BCUT2D eigenvalue weighted by atomic mass is 10.0. The molecular weight excluding hydrogens is 338 g/mol. The number of anilines is 1. The number of benzene rings is 2. The molecule has 0 saturated heterocycles. The van der Waals surface area contributed by atoms with Crippen molar-refractivity contribution in [2.24, 2.45) is 0 Å². The van der Waals surface area contributed by atoms with Crippen LogP contribution < -0.4 is 15.7 Å². The van der Waals surface area contributed by atoms with E-state index in [9.17, 15) is 4.79 Å². The van der Waals surface area contributed by atoms with E-state index in [4.69, 9.17) is 20.8 Å². The Morgan fingerprint density at radius 3 is 2.60 bits per heavy atom. The van der Waals surface area contributed by atoms with Gasteiger partial charge in [-0.05, 0) is 49.1 Å². The van der Waals surface area contributed by atoms with E-state index in [1.807, 2.05) is 39.0 Å². The highest BCUT2D eigenvalue weighted by atomic mass is 35.5. The lowest BCUT2D eigenvalue weighted by molar-refractivity contribution is 0.416. The fourth-order valence-electron chi connectivity index (χ4n) is 2.83. The number of methoxy groups -OCH3 is 1. The maximum absolute atomic E-state index is 12.0. The van der Waals surface area contributed by atoms with Gasteiger partial charge in [-0.2, -0.15) is 0 Å². The maximum Gasteiger partial charge on any atom is 0.336 e. The minimum atomic E-state index is -0.350. The van der Waals surface area contributed by atoms with Crippen LogP contribution in [0.3, 0.4) is 0 Å². The van der Waals surface area contributed by atoms with Crippen molar-refractivity contribution in [3.05, 3.63) is 68.0 Å². The van der Waals surface area contributed by atoms with E-state index in [1.165, 1.54) is 6.07 Å². The molecule has 4 nitrogen and oxygen atoms in total. The van der Waals surface area contributed by atoms with Gasteiger partial charge in [0, 0.05) is 29.1 Å². The molecule has 25 heavy (non-hydrogen) atoms. The summed E-state index contributed by atoms with van der Waals surface area (Å²) in [6.07, 6.45) is 0. The quantitative estimate of drug-likeness (QED) is 0.668. The summed E-state index contributed by atoms with van der Waals surface area (Å²) in [4.78, 5) is 12.0. The van der Waals surface area contributed by atoms with Crippen LogP contribution in [0.4, 0.5) is 5.69 Å². The van der Waals surface area contributed by atoms with Crippen LogP contribution in [0.5, 0.6) is 5.75 Å². The molecule has 0 unspecified atom stereocenters. The van der Waals surface area contributed by atoms with Gasteiger partial charge in [-0.1, -0.05) is 23.7 Å². The van der Waals surface area contributed by atoms with E-state index < -0.39 is 0 Å². The highest BCUT2D eigenvalue weighted by Gasteiger charge is 2.11. The number of fused-ring (bicyclic) bond motifs is 1. The molecular formula is C20H20ClNO3. The number of hydrogen-bond acceptors (Lipinski definition) is 4. The molecule has 0 saturated carbocycles.